The molecule has 0 saturated heterocycles. The molecule has 1 amide bonds. The highest BCUT2D eigenvalue weighted by Gasteiger charge is 2.35. The van der Waals surface area contributed by atoms with Crippen molar-refractivity contribution >= 4 is 79.7 Å². The topological polar surface area (TPSA) is 75.5 Å². The van der Waals surface area contributed by atoms with Crippen LogP contribution in [-0.4, -0.2) is 28.1 Å². The molecular formula is C15H13BrCl3N3O3S. The number of furan rings is 1. The number of carbonyl (C=O) groups is 1. The lowest BCUT2D eigenvalue weighted by Gasteiger charge is -2.27. The number of ether oxygens (including phenoxy) is 1. The molecule has 2 rings (SSSR count). The average molecular weight is 502 g/mol. The van der Waals surface area contributed by atoms with E-state index in [4.69, 9.17) is 56.2 Å². The van der Waals surface area contributed by atoms with Crippen molar-refractivity contribution in [3.63, 3.8) is 0 Å². The van der Waals surface area contributed by atoms with Crippen molar-refractivity contribution < 1.29 is 13.9 Å². The van der Waals surface area contributed by atoms with Crippen LogP contribution < -0.4 is 20.7 Å². The predicted molar refractivity (Wildman–Crippen MR) is 110 cm³/mol. The lowest BCUT2D eigenvalue weighted by Crippen LogP contribution is -2.56. The number of halogens is 4. The van der Waals surface area contributed by atoms with E-state index >= 15 is 0 Å². The van der Waals surface area contributed by atoms with E-state index in [2.05, 4.69) is 31.9 Å². The summed E-state index contributed by atoms with van der Waals surface area (Å²) in [6.45, 7) is 0. The van der Waals surface area contributed by atoms with Crippen molar-refractivity contribution in [3.8, 4) is 5.75 Å². The highest BCUT2D eigenvalue weighted by molar-refractivity contribution is 9.10. The summed E-state index contributed by atoms with van der Waals surface area (Å²) in [5.74, 6) is 0.171. The first-order valence-electron chi connectivity index (χ1n) is 7.03. The zero-order chi connectivity index (χ0) is 19.3. The minimum absolute atomic E-state index is 0.0481. The Morgan fingerprint density at radius 1 is 1.19 bits per heavy atom. The summed E-state index contributed by atoms with van der Waals surface area (Å²) in [7, 11) is 1.57. The second-order valence-corrected chi connectivity index (χ2v) is 8.44. The monoisotopic (exact) mass is 499 g/mol. The third kappa shape index (κ3) is 6.21. The number of thiocarbonyl (C=S) groups is 1. The third-order valence-electron chi connectivity index (χ3n) is 3.02. The summed E-state index contributed by atoms with van der Waals surface area (Å²) in [6, 6.07) is 10.1. The molecule has 0 aliphatic heterocycles. The first-order valence-corrected chi connectivity index (χ1v) is 9.37. The number of hydrogen-bond acceptors (Lipinski definition) is 4. The van der Waals surface area contributed by atoms with Crippen LogP contribution in [0.4, 0.5) is 5.69 Å². The summed E-state index contributed by atoms with van der Waals surface area (Å²) in [5.41, 5.74) is 0.688. The van der Waals surface area contributed by atoms with E-state index in [0.717, 1.165) is 0 Å². The lowest BCUT2D eigenvalue weighted by molar-refractivity contribution is 0.0905. The van der Waals surface area contributed by atoms with Gasteiger partial charge in [0, 0.05) is 5.69 Å². The predicted octanol–water partition coefficient (Wildman–Crippen LogP) is 4.46. The molecule has 6 nitrogen and oxygen atoms in total. The van der Waals surface area contributed by atoms with E-state index in [1.54, 1.807) is 37.4 Å². The van der Waals surface area contributed by atoms with Crippen LogP contribution in [-0.2, 0) is 0 Å². The highest BCUT2D eigenvalue weighted by atomic mass is 79.9. The minimum Gasteiger partial charge on any atom is -0.497 e. The molecule has 140 valence electrons. The molecule has 1 aromatic carbocycles. The number of hydrogen-bond donors (Lipinski definition) is 3. The molecule has 0 aliphatic rings. The van der Waals surface area contributed by atoms with Gasteiger partial charge in [-0.2, -0.15) is 0 Å². The number of methoxy groups -OCH3 is 1. The summed E-state index contributed by atoms with van der Waals surface area (Å²) in [4.78, 5) is 12.2. The van der Waals surface area contributed by atoms with Gasteiger partial charge >= 0.3 is 0 Å². The van der Waals surface area contributed by atoms with Crippen LogP contribution in [0.3, 0.4) is 0 Å². The van der Waals surface area contributed by atoms with E-state index in [0.29, 0.717) is 16.1 Å². The Morgan fingerprint density at radius 3 is 2.35 bits per heavy atom. The largest absolute Gasteiger partial charge is 0.497 e. The van der Waals surface area contributed by atoms with Gasteiger partial charge in [0.1, 0.15) is 11.9 Å². The summed E-state index contributed by atoms with van der Waals surface area (Å²) < 4.78 is 8.78. The van der Waals surface area contributed by atoms with Gasteiger partial charge in [-0.25, -0.2) is 0 Å². The molecule has 1 aromatic heterocycles. The Balaban J connectivity index is 2.02. The molecule has 1 unspecified atom stereocenters. The SMILES string of the molecule is COc1ccc(NC(=S)NC(NC(=O)c2ccc(Br)o2)C(Cl)(Cl)Cl)cc1. The molecule has 2 aromatic rings. The maximum Gasteiger partial charge on any atom is 0.288 e. The molecule has 3 N–H and O–H groups in total. The van der Waals surface area contributed by atoms with E-state index < -0.39 is 15.9 Å². The average Bonchev–Trinajstić information content (AvgIpc) is 3.00. The summed E-state index contributed by atoms with van der Waals surface area (Å²) in [6.07, 6.45) is -1.11. The fraction of sp³-hybridized carbons (Fsp3) is 0.200. The van der Waals surface area contributed by atoms with Crippen molar-refractivity contribution in [3.05, 3.63) is 46.8 Å². The van der Waals surface area contributed by atoms with Crippen molar-refractivity contribution in [2.45, 2.75) is 9.96 Å². The normalized spacial score (nSPS) is 12.2. The number of benzene rings is 1. The van der Waals surface area contributed by atoms with Gasteiger partial charge < -0.3 is 25.1 Å². The highest BCUT2D eigenvalue weighted by Crippen LogP contribution is 2.29. The van der Waals surface area contributed by atoms with Gasteiger partial charge in [0.15, 0.2) is 15.5 Å². The van der Waals surface area contributed by atoms with E-state index in [9.17, 15) is 4.79 Å². The van der Waals surface area contributed by atoms with E-state index in [1.165, 1.54) is 6.07 Å². The second-order valence-electron chi connectivity index (χ2n) is 4.88. The Bertz CT molecular complexity index is 780. The quantitative estimate of drug-likeness (QED) is 0.319. The van der Waals surface area contributed by atoms with Gasteiger partial charge in [0.25, 0.3) is 5.91 Å². The van der Waals surface area contributed by atoms with Gasteiger partial charge in [0.05, 0.1) is 7.11 Å². The molecule has 11 heteroatoms. The fourth-order valence-corrected chi connectivity index (χ4v) is 2.68. The fourth-order valence-electron chi connectivity index (χ4n) is 1.81. The molecular weight excluding hydrogens is 489 g/mol. The van der Waals surface area contributed by atoms with Crippen LogP contribution in [0.1, 0.15) is 10.6 Å². The zero-order valence-corrected chi connectivity index (χ0v) is 17.9. The number of rotatable bonds is 5. The molecule has 0 saturated carbocycles. The number of alkyl halides is 3. The van der Waals surface area contributed by atoms with Crippen LogP contribution in [0.2, 0.25) is 0 Å². The first-order chi connectivity index (χ1) is 12.2. The summed E-state index contributed by atoms with van der Waals surface area (Å²) >= 11 is 26.1. The zero-order valence-electron chi connectivity index (χ0n) is 13.2. The van der Waals surface area contributed by atoms with Crippen molar-refractivity contribution in [2.75, 3.05) is 12.4 Å². The van der Waals surface area contributed by atoms with E-state index in [-0.39, 0.29) is 10.9 Å². The van der Waals surface area contributed by atoms with Crippen LogP contribution >= 0.6 is 63.0 Å². The number of carbonyl (C=O) groups excluding carboxylic acids is 1. The molecule has 0 bridgehead atoms. The Kier molecular flexibility index (Phi) is 7.42. The Morgan fingerprint density at radius 2 is 1.85 bits per heavy atom. The maximum atomic E-state index is 12.2. The lowest BCUT2D eigenvalue weighted by atomic mass is 10.3. The van der Waals surface area contributed by atoms with Gasteiger partial charge in [0.2, 0.25) is 3.79 Å². The standard InChI is InChI=1S/C15H13BrCl3N3O3S/c1-24-9-4-2-8(3-5-9)20-14(26)22-13(15(17,18)19)21-12(23)10-6-7-11(16)25-10/h2-7,13H,1H3,(H,21,23)(H2,20,22,26). The number of anilines is 1. The van der Waals surface area contributed by atoms with E-state index in [1.807, 2.05) is 0 Å². The van der Waals surface area contributed by atoms with Crippen LogP contribution in [0, 0.1) is 0 Å². The van der Waals surface area contributed by atoms with Crippen molar-refractivity contribution in [2.24, 2.45) is 0 Å². The van der Waals surface area contributed by atoms with Gasteiger partial charge in [-0.3, -0.25) is 4.79 Å². The molecule has 0 fully saturated rings. The Hall–Kier alpha value is -1.19. The number of nitrogens with one attached hydrogen (secondary N) is 3. The smallest absolute Gasteiger partial charge is 0.288 e. The third-order valence-corrected chi connectivity index (χ3v) is 4.32. The molecule has 26 heavy (non-hydrogen) atoms. The molecule has 0 radical (unpaired) electrons. The van der Waals surface area contributed by atoms with Crippen LogP contribution in [0.5, 0.6) is 5.75 Å². The molecule has 0 aliphatic carbocycles. The first kappa shape index (κ1) is 21.1. The van der Waals surface area contributed by atoms with Crippen LogP contribution in [0.15, 0.2) is 45.5 Å². The summed E-state index contributed by atoms with van der Waals surface area (Å²) in [5, 5.41) is 8.33. The van der Waals surface area contributed by atoms with Crippen molar-refractivity contribution in [1.29, 1.82) is 0 Å². The molecule has 1 atom stereocenters. The van der Waals surface area contributed by atoms with Crippen molar-refractivity contribution in [1.82, 2.24) is 10.6 Å². The van der Waals surface area contributed by atoms with Crippen LogP contribution in [0.25, 0.3) is 0 Å². The second kappa shape index (κ2) is 9.14. The number of amides is 1. The Labute approximate surface area is 178 Å². The molecule has 1 heterocycles. The molecule has 0 spiro atoms. The van der Waals surface area contributed by atoms with Gasteiger partial charge in [-0.05, 0) is 64.5 Å². The maximum absolute atomic E-state index is 12.2. The van der Waals surface area contributed by atoms with Gasteiger partial charge in [-0.1, -0.05) is 34.8 Å². The minimum atomic E-state index is -1.87. The van der Waals surface area contributed by atoms with Gasteiger partial charge in [-0.15, -0.1) is 0 Å².